The molecule has 7 heteroatoms. The largest absolute Gasteiger partial charge is 0.466 e. The molecule has 0 saturated carbocycles. The van der Waals surface area contributed by atoms with E-state index in [0.717, 1.165) is 5.69 Å². The third-order valence-electron chi connectivity index (χ3n) is 3.57. The van der Waals surface area contributed by atoms with Crippen LogP contribution < -0.4 is 0 Å². The van der Waals surface area contributed by atoms with Crippen LogP contribution in [-0.2, 0) is 9.53 Å². The highest BCUT2D eigenvalue weighted by Gasteiger charge is 2.17. The van der Waals surface area contributed by atoms with E-state index in [4.69, 9.17) is 4.74 Å². The van der Waals surface area contributed by atoms with Gasteiger partial charge in [-0.1, -0.05) is 42.1 Å². The zero-order valence-corrected chi connectivity index (χ0v) is 15.1. The van der Waals surface area contributed by atoms with Gasteiger partial charge in [0.05, 0.1) is 13.0 Å². The molecule has 5 nitrogen and oxygen atoms in total. The molecule has 0 unspecified atom stereocenters. The standard InChI is InChI=1S/C19H18FN3O2S/c1-2-25-17(24)11-12-26-19-22-21-18(14-7-6-8-15(20)13-14)23(19)16-9-4-3-5-10-16/h3-10,13H,2,11-12H2,1H3. The highest BCUT2D eigenvalue weighted by atomic mass is 32.2. The molecule has 0 N–H and O–H groups in total. The molecular weight excluding hydrogens is 353 g/mol. The van der Waals surface area contributed by atoms with Gasteiger partial charge in [-0.3, -0.25) is 9.36 Å². The summed E-state index contributed by atoms with van der Waals surface area (Å²) in [6.07, 6.45) is 0.287. The van der Waals surface area contributed by atoms with Gasteiger partial charge in [0.1, 0.15) is 5.82 Å². The minimum atomic E-state index is -0.332. The van der Waals surface area contributed by atoms with Crippen molar-refractivity contribution in [3.8, 4) is 17.1 Å². The SMILES string of the molecule is CCOC(=O)CCSc1nnc(-c2cccc(F)c2)n1-c1ccccc1. The molecule has 2 aromatic carbocycles. The van der Waals surface area contributed by atoms with E-state index in [2.05, 4.69) is 10.2 Å². The number of carbonyl (C=O) groups is 1. The Morgan fingerprint density at radius 3 is 2.69 bits per heavy atom. The summed E-state index contributed by atoms with van der Waals surface area (Å²) in [5, 5.41) is 9.13. The number of thioether (sulfide) groups is 1. The van der Waals surface area contributed by atoms with Crippen molar-refractivity contribution in [3.63, 3.8) is 0 Å². The fourth-order valence-electron chi connectivity index (χ4n) is 2.45. The first-order valence-corrected chi connectivity index (χ1v) is 9.23. The van der Waals surface area contributed by atoms with Crippen LogP contribution in [0.15, 0.2) is 59.8 Å². The molecule has 0 atom stereocenters. The highest BCUT2D eigenvalue weighted by Crippen LogP contribution is 2.28. The first-order chi connectivity index (χ1) is 12.7. The van der Waals surface area contributed by atoms with E-state index in [1.54, 1.807) is 19.1 Å². The van der Waals surface area contributed by atoms with E-state index in [-0.39, 0.29) is 18.2 Å². The summed E-state index contributed by atoms with van der Waals surface area (Å²) in [4.78, 5) is 11.5. The minimum Gasteiger partial charge on any atom is -0.466 e. The Morgan fingerprint density at radius 2 is 1.96 bits per heavy atom. The van der Waals surface area contributed by atoms with Gasteiger partial charge in [-0.25, -0.2) is 4.39 Å². The fraction of sp³-hybridized carbons (Fsp3) is 0.211. The van der Waals surface area contributed by atoms with Crippen LogP contribution in [0.2, 0.25) is 0 Å². The Bertz CT molecular complexity index is 884. The van der Waals surface area contributed by atoms with Gasteiger partial charge in [0.2, 0.25) is 0 Å². The van der Waals surface area contributed by atoms with Gasteiger partial charge in [-0.05, 0) is 31.2 Å². The van der Waals surface area contributed by atoms with Gasteiger partial charge < -0.3 is 4.74 Å². The molecule has 0 aliphatic carbocycles. The lowest BCUT2D eigenvalue weighted by atomic mass is 10.2. The molecule has 3 aromatic rings. The van der Waals surface area contributed by atoms with Crippen LogP contribution in [0, 0.1) is 5.82 Å². The molecule has 1 aromatic heterocycles. The number of hydrogen-bond donors (Lipinski definition) is 0. The fourth-order valence-corrected chi connectivity index (χ4v) is 3.32. The molecule has 3 rings (SSSR count). The Morgan fingerprint density at radius 1 is 1.15 bits per heavy atom. The molecular formula is C19H18FN3O2S. The molecule has 134 valence electrons. The average Bonchev–Trinajstić information content (AvgIpc) is 3.06. The van der Waals surface area contributed by atoms with Crippen molar-refractivity contribution in [3.05, 3.63) is 60.4 Å². The van der Waals surface area contributed by atoms with Crippen molar-refractivity contribution >= 4 is 17.7 Å². The van der Waals surface area contributed by atoms with Crippen LogP contribution in [0.1, 0.15) is 13.3 Å². The van der Waals surface area contributed by atoms with Gasteiger partial charge in [-0.15, -0.1) is 10.2 Å². The molecule has 1 heterocycles. The number of benzene rings is 2. The van der Waals surface area contributed by atoms with Gasteiger partial charge in [0.15, 0.2) is 11.0 Å². The maximum absolute atomic E-state index is 13.6. The molecule has 0 aliphatic heterocycles. The average molecular weight is 371 g/mol. The second kappa shape index (κ2) is 8.62. The number of esters is 1. The maximum Gasteiger partial charge on any atom is 0.306 e. The summed E-state index contributed by atoms with van der Waals surface area (Å²) < 4.78 is 20.5. The molecule has 0 bridgehead atoms. The van der Waals surface area contributed by atoms with Gasteiger partial charge in [0, 0.05) is 17.0 Å². The number of para-hydroxylation sites is 1. The van der Waals surface area contributed by atoms with E-state index in [1.165, 1.54) is 23.9 Å². The molecule has 0 aliphatic rings. The van der Waals surface area contributed by atoms with Gasteiger partial charge in [-0.2, -0.15) is 0 Å². The zero-order chi connectivity index (χ0) is 18.4. The maximum atomic E-state index is 13.6. The second-order valence-electron chi connectivity index (χ2n) is 5.39. The number of aromatic nitrogens is 3. The van der Waals surface area contributed by atoms with Crippen molar-refractivity contribution in [2.24, 2.45) is 0 Å². The molecule has 26 heavy (non-hydrogen) atoms. The van der Waals surface area contributed by atoms with Crippen LogP contribution in [-0.4, -0.2) is 33.1 Å². The lowest BCUT2D eigenvalue weighted by Crippen LogP contribution is -2.05. The molecule has 0 spiro atoms. The van der Waals surface area contributed by atoms with Crippen LogP contribution in [0.25, 0.3) is 17.1 Å². The number of nitrogens with zero attached hydrogens (tertiary/aromatic N) is 3. The van der Waals surface area contributed by atoms with Crippen LogP contribution in [0.5, 0.6) is 0 Å². The van der Waals surface area contributed by atoms with E-state index >= 15 is 0 Å². The third kappa shape index (κ3) is 4.29. The molecule has 0 saturated heterocycles. The van der Waals surface area contributed by atoms with Gasteiger partial charge >= 0.3 is 5.97 Å². The first-order valence-electron chi connectivity index (χ1n) is 8.24. The molecule has 0 amide bonds. The number of halogens is 1. The second-order valence-corrected chi connectivity index (χ2v) is 6.45. The summed E-state index contributed by atoms with van der Waals surface area (Å²) in [7, 11) is 0. The number of rotatable bonds is 7. The van der Waals surface area contributed by atoms with Gasteiger partial charge in [0.25, 0.3) is 0 Å². The van der Waals surface area contributed by atoms with Crippen molar-refractivity contribution in [2.75, 3.05) is 12.4 Å². The summed E-state index contributed by atoms with van der Waals surface area (Å²) in [6.45, 7) is 2.15. The Kier molecular flexibility index (Phi) is 6.01. The first kappa shape index (κ1) is 18.1. The quantitative estimate of drug-likeness (QED) is 0.462. The number of ether oxygens (including phenoxy) is 1. The number of hydrogen-bond acceptors (Lipinski definition) is 5. The highest BCUT2D eigenvalue weighted by molar-refractivity contribution is 7.99. The normalized spacial score (nSPS) is 10.7. The van der Waals surface area contributed by atoms with Crippen LogP contribution >= 0.6 is 11.8 Å². The van der Waals surface area contributed by atoms with E-state index < -0.39 is 0 Å². The predicted octanol–water partition coefficient (Wildman–Crippen LogP) is 4.12. The van der Waals surface area contributed by atoms with Crippen LogP contribution in [0.4, 0.5) is 4.39 Å². The molecule has 0 fully saturated rings. The molecule has 0 radical (unpaired) electrons. The topological polar surface area (TPSA) is 57.0 Å². The Hall–Kier alpha value is -2.67. The summed E-state index contributed by atoms with van der Waals surface area (Å²) in [6, 6.07) is 15.9. The van der Waals surface area contributed by atoms with Crippen LogP contribution in [0.3, 0.4) is 0 Å². The minimum absolute atomic E-state index is 0.240. The van der Waals surface area contributed by atoms with E-state index in [9.17, 15) is 9.18 Å². The summed E-state index contributed by atoms with van der Waals surface area (Å²) in [5.74, 6) is 0.500. The van der Waals surface area contributed by atoms with Crippen molar-refractivity contribution in [1.82, 2.24) is 14.8 Å². The van der Waals surface area contributed by atoms with E-state index in [0.29, 0.717) is 28.9 Å². The number of carbonyl (C=O) groups excluding carboxylic acids is 1. The third-order valence-corrected chi connectivity index (χ3v) is 4.50. The van der Waals surface area contributed by atoms with Crippen molar-refractivity contribution in [2.45, 2.75) is 18.5 Å². The predicted molar refractivity (Wildman–Crippen MR) is 98.7 cm³/mol. The lowest BCUT2D eigenvalue weighted by Gasteiger charge is -2.10. The van der Waals surface area contributed by atoms with Crippen molar-refractivity contribution in [1.29, 1.82) is 0 Å². The Balaban J connectivity index is 1.91. The smallest absolute Gasteiger partial charge is 0.306 e. The lowest BCUT2D eigenvalue weighted by molar-refractivity contribution is -0.142. The zero-order valence-electron chi connectivity index (χ0n) is 14.3. The Labute approximate surface area is 155 Å². The monoisotopic (exact) mass is 371 g/mol. The summed E-state index contributed by atoms with van der Waals surface area (Å²) >= 11 is 1.41. The van der Waals surface area contributed by atoms with Crippen molar-refractivity contribution < 1.29 is 13.9 Å². The van der Waals surface area contributed by atoms with E-state index in [1.807, 2.05) is 34.9 Å². The summed E-state index contributed by atoms with van der Waals surface area (Å²) in [5.41, 5.74) is 1.51.